The summed E-state index contributed by atoms with van der Waals surface area (Å²) in [6.45, 7) is 9.23. The molecule has 1 aromatic carbocycles. The number of aromatic nitrogens is 3. The van der Waals surface area contributed by atoms with E-state index in [0.29, 0.717) is 12.0 Å². The van der Waals surface area contributed by atoms with Gasteiger partial charge in [0.05, 0.1) is 6.04 Å². The van der Waals surface area contributed by atoms with E-state index in [1.165, 1.54) is 0 Å². The average Bonchev–Trinajstić information content (AvgIpc) is 3.21. The second-order valence-electron chi connectivity index (χ2n) is 7.47. The molecule has 0 aliphatic carbocycles. The summed E-state index contributed by atoms with van der Waals surface area (Å²) in [4.78, 5) is 40.0. The molecule has 0 bridgehead atoms. The van der Waals surface area contributed by atoms with Crippen LogP contribution in [0.1, 0.15) is 52.6 Å². The van der Waals surface area contributed by atoms with Gasteiger partial charge in [-0.05, 0) is 43.5 Å². The van der Waals surface area contributed by atoms with Crippen LogP contribution in [0.15, 0.2) is 60.0 Å². The maximum absolute atomic E-state index is 13.0. The summed E-state index contributed by atoms with van der Waals surface area (Å²) in [6, 6.07) is 11.4. The lowest BCUT2D eigenvalue weighted by Gasteiger charge is -2.12. The van der Waals surface area contributed by atoms with Gasteiger partial charge in [0.15, 0.2) is 5.82 Å². The first-order valence-electron chi connectivity index (χ1n) is 10.4. The fraction of sp³-hybridized carbons (Fsp3) is 0.250. The molecule has 8 nitrogen and oxygen atoms in total. The van der Waals surface area contributed by atoms with Crippen LogP contribution in [0.3, 0.4) is 0 Å². The van der Waals surface area contributed by atoms with Gasteiger partial charge in [0.2, 0.25) is 5.91 Å². The van der Waals surface area contributed by atoms with Crippen LogP contribution in [0.5, 0.6) is 0 Å². The zero-order valence-corrected chi connectivity index (χ0v) is 18.4. The van der Waals surface area contributed by atoms with E-state index in [-0.39, 0.29) is 29.5 Å². The van der Waals surface area contributed by atoms with Gasteiger partial charge >= 0.3 is 0 Å². The molecule has 0 aliphatic rings. The largest absolute Gasteiger partial charge is 0.348 e. The molecule has 166 valence electrons. The van der Waals surface area contributed by atoms with Crippen LogP contribution in [-0.2, 0) is 17.8 Å². The normalized spacial score (nSPS) is 11.6. The van der Waals surface area contributed by atoms with Crippen molar-refractivity contribution in [1.29, 1.82) is 0 Å². The molecule has 1 unspecified atom stereocenters. The summed E-state index contributed by atoms with van der Waals surface area (Å²) in [5.41, 5.74) is 3.13. The summed E-state index contributed by atoms with van der Waals surface area (Å²) in [5, 5.41) is 9.80. The third-order valence-corrected chi connectivity index (χ3v) is 5.25. The number of carbonyl (C=O) groups is 2. The van der Waals surface area contributed by atoms with Crippen molar-refractivity contribution in [3.8, 4) is 0 Å². The van der Waals surface area contributed by atoms with E-state index >= 15 is 0 Å². The minimum absolute atomic E-state index is 0.0614. The summed E-state index contributed by atoms with van der Waals surface area (Å²) < 4.78 is 1.62. The molecule has 2 heterocycles. The number of amides is 2. The highest BCUT2D eigenvalue weighted by molar-refractivity contribution is 6.05. The molecule has 0 saturated heterocycles. The molecule has 32 heavy (non-hydrogen) atoms. The average molecular weight is 434 g/mol. The first-order chi connectivity index (χ1) is 15.3. The van der Waals surface area contributed by atoms with Crippen molar-refractivity contribution in [2.24, 2.45) is 0 Å². The number of hydrogen-bond acceptors (Lipinski definition) is 4. The monoisotopic (exact) mass is 433 g/mol. The molecule has 0 aliphatic heterocycles. The summed E-state index contributed by atoms with van der Waals surface area (Å²) >= 11 is 0. The number of H-pyrrole nitrogens is 1. The maximum atomic E-state index is 13.0. The molecule has 1 atom stereocenters. The highest BCUT2D eigenvalue weighted by Crippen LogP contribution is 2.22. The van der Waals surface area contributed by atoms with E-state index in [4.69, 9.17) is 0 Å². The van der Waals surface area contributed by atoms with Crippen LogP contribution in [0.2, 0.25) is 0 Å². The van der Waals surface area contributed by atoms with E-state index in [2.05, 4.69) is 27.3 Å². The Hall–Kier alpha value is -3.94. The minimum atomic E-state index is -0.472. The Balaban J connectivity index is 1.89. The quantitative estimate of drug-likeness (QED) is 0.474. The lowest BCUT2D eigenvalue weighted by molar-refractivity contribution is -0.111. The summed E-state index contributed by atoms with van der Waals surface area (Å²) in [7, 11) is 0. The number of nitrogens with one attached hydrogen (secondary N) is 3. The van der Waals surface area contributed by atoms with Crippen LogP contribution in [0.25, 0.3) is 0 Å². The molecule has 0 saturated carbocycles. The second kappa shape index (κ2) is 9.91. The zero-order chi connectivity index (χ0) is 23.3. The van der Waals surface area contributed by atoms with Gasteiger partial charge in [-0.1, -0.05) is 43.8 Å². The molecule has 2 amide bonds. The smallest absolute Gasteiger partial charge is 0.256 e. The van der Waals surface area contributed by atoms with Crippen LogP contribution < -0.4 is 16.2 Å². The number of anilines is 1. The highest BCUT2D eigenvalue weighted by atomic mass is 16.2. The molecule has 3 N–H and O–H groups in total. The first kappa shape index (κ1) is 22.7. The predicted molar refractivity (Wildman–Crippen MR) is 124 cm³/mol. The topological polar surface area (TPSA) is 109 Å². The predicted octanol–water partition coefficient (Wildman–Crippen LogP) is 3.11. The van der Waals surface area contributed by atoms with E-state index in [0.717, 1.165) is 22.9 Å². The standard InChI is InChI=1S/C24H27N5O3/c1-5-17-12-15(3)26-24(32)19(17)13-25-23(31)20-14-29(28-22(20)27-21(30)6-2)16(4)18-10-8-7-9-11-18/h6-12,14,16H,2,5,13H2,1,3-4H3,(H,25,31)(H,26,32)(H,27,28,30). The van der Waals surface area contributed by atoms with Gasteiger partial charge in [0, 0.05) is 24.0 Å². The zero-order valence-electron chi connectivity index (χ0n) is 18.4. The van der Waals surface area contributed by atoms with E-state index in [9.17, 15) is 14.4 Å². The third-order valence-electron chi connectivity index (χ3n) is 5.25. The Bertz CT molecular complexity index is 1190. The molecule has 2 aromatic heterocycles. The van der Waals surface area contributed by atoms with Crippen molar-refractivity contribution in [3.05, 3.63) is 93.6 Å². The molecular formula is C24H27N5O3. The molecule has 0 spiro atoms. The van der Waals surface area contributed by atoms with Gasteiger partial charge in [-0.25, -0.2) is 0 Å². The van der Waals surface area contributed by atoms with Crippen molar-refractivity contribution in [2.45, 2.75) is 39.8 Å². The van der Waals surface area contributed by atoms with Gasteiger partial charge in [0.25, 0.3) is 11.5 Å². The van der Waals surface area contributed by atoms with Gasteiger partial charge < -0.3 is 15.6 Å². The molecule has 0 radical (unpaired) electrons. The van der Waals surface area contributed by atoms with Crippen molar-refractivity contribution in [1.82, 2.24) is 20.1 Å². The van der Waals surface area contributed by atoms with E-state index in [1.54, 1.807) is 10.9 Å². The lowest BCUT2D eigenvalue weighted by atomic mass is 10.1. The van der Waals surface area contributed by atoms with Crippen LogP contribution in [0.4, 0.5) is 5.82 Å². The SMILES string of the molecule is C=CC(=O)Nc1nn(C(C)c2ccccc2)cc1C(=O)NCc1c(CC)cc(C)[nH]c1=O. The van der Waals surface area contributed by atoms with Crippen molar-refractivity contribution in [3.63, 3.8) is 0 Å². The molecule has 3 aromatic rings. The molecular weight excluding hydrogens is 406 g/mol. The number of nitrogens with zero attached hydrogens (tertiary/aromatic N) is 2. The van der Waals surface area contributed by atoms with E-state index in [1.807, 2.05) is 57.2 Å². The van der Waals surface area contributed by atoms with Gasteiger partial charge in [-0.2, -0.15) is 5.10 Å². The fourth-order valence-corrected chi connectivity index (χ4v) is 3.46. The van der Waals surface area contributed by atoms with Crippen molar-refractivity contribution >= 4 is 17.6 Å². The third kappa shape index (κ3) is 5.03. The number of aromatic amines is 1. The van der Waals surface area contributed by atoms with E-state index < -0.39 is 11.8 Å². The van der Waals surface area contributed by atoms with Crippen LogP contribution >= 0.6 is 0 Å². The number of pyridine rings is 1. The van der Waals surface area contributed by atoms with Crippen LogP contribution in [-0.4, -0.2) is 26.6 Å². The lowest BCUT2D eigenvalue weighted by Crippen LogP contribution is -2.28. The van der Waals surface area contributed by atoms with Crippen molar-refractivity contribution in [2.75, 3.05) is 5.32 Å². The maximum Gasteiger partial charge on any atom is 0.256 e. The summed E-state index contributed by atoms with van der Waals surface area (Å²) in [6.07, 6.45) is 3.37. The first-order valence-corrected chi connectivity index (χ1v) is 10.4. The second-order valence-corrected chi connectivity index (χ2v) is 7.47. The Morgan fingerprint density at radius 1 is 1.28 bits per heavy atom. The fourth-order valence-electron chi connectivity index (χ4n) is 3.46. The number of rotatable bonds is 8. The Labute approximate surface area is 186 Å². The Morgan fingerprint density at radius 3 is 2.66 bits per heavy atom. The highest BCUT2D eigenvalue weighted by Gasteiger charge is 2.21. The van der Waals surface area contributed by atoms with Gasteiger partial charge in [-0.15, -0.1) is 0 Å². The number of benzene rings is 1. The summed E-state index contributed by atoms with van der Waals surface area (Å²) in [5.74, 6) is -0.790. The molecule has 8 heteroatoms. The Kier molecular flexibility index (Phi) is 7.04. The number of aryl methyl sites for hydroxylation is 2. The van der Waals surface area contributed by atoms with Gasteiger partial charge in [0.1, 0.15) is 5.56 Å². The molecule has 3 rings (SSSR count). The van der Waals surface area contributed by atoms with Crippen LogP contribution in [0, 0.1) is 6.92 Å². The van der Waals surface area contributed by atoms with Gasteiger partial charge in [-0.3, -0.25) is 19.1 Å². The number of carbonyl (C=O) groups excluding carboxylic acids is 2. The Morgan fingerprint density at radius 2 is 2.00 bits per heavy atom. The number of hydrogen-bond donors (Lipinski definition) is 3. The molecule has 0 fully saturated rings. The van der Waals surface area contributed by atoms with Crippen molar-refractivity contribution < 1.29 is 9.59 Å². The minimum Gasteiger partial charge on any atom is -0.348 e.